The maximum atomic E-state index is 4.66. The largest absolute Gasteiger partial charge is 0.243 e. The third kappa shape index (κ3) is 2.77. The Morgan fingerprint density at radius 3 is 2.18 bits per heavy atom. The summed E-state index contributed by atoms with van der Waals surface area (Å²) in [5, 5.41) is 0. The van der Waals surface area contributed by atoms with E-state index in [1.165, 1.54) is 22.3 Å². The summed E-state index contributed by atoms with van der Waals surface area (Å²) in [4.78, 5) is 4.66. The molecular formula is C20H21N2+. The van der Waals surface area contributed by atoms with E-state index in [1.54, 1.807) is 0 Å². The minimum Gasteiger partial charge on any atom is -0.243 e. The summed E-state index contributed by atoms with van der Waals surface area (Å²) < 4.78 is 2.15. The predicted octanol–water partition coefficient (Wildman–Crippen LogP) is 4.17. The fraction of sp³-hybridized carbons (Fsp3) is 0.200. The average Bonchev–Trinajstić information content (AvgIpc) is 2.49. The predicted molar refractivity (Wildman–Crippen MR) is 90.5 cm³/mol. The van der Waals surface area contributed by atoms with E-state index in [2.05, 4.69) is 86.0 Å². The fourth-order valence-electron chi connectivity index (χ4n) is 2.74. The molecule has 0 N–H and O–H groups in total. The average molecular weight is 289 g/mol. The molecule has 0 aliphatic heterocycles. The van der Waals surface area contributed by atoms with E-state index < -0.39 is 0 Å². The Hall–Kier alpha value is -2.48. The van der Waals surface area contributed by atoms with Crippen molar-refractivity contribution >= 4 is 0 Å². The smallest absolute Gasteiger partial charge is 0.231 e. The molecule has 0 spiro atoms. The second kappa shape index (κ2) is 5.72. The lowest BCUT2D eigenvalue weighted by atomic mass is 10.0. The van der Waals surface area contributed by atoms with Crippen molar-refractivity contribution in [3.05, 3.63) is 71.5 Å². The number of hydrogen-bond donors (Lipinski definition) is 0. The van der Waals surface area contributed by atoms with Gasteiger partial charge in [0, 0.05) is 5.56 Å². The van der Waals surface area contributed by atoms with Crippen molar-refractivity contribution in [2.45, 2.75) is 20.8 Å². The molecule has 0 bridgehead atoms. The van der Waals surface area contributed by atoms with Gasteiger partial charge in [0.1, 0.15) is 18.9 Å². The van der Waals surface area contributed by atoms with Gasteiger partial charge in [0.05, 0.1) is 5.56 Å². The number of benzene rings is 2. The normalized spacial score (nSPS) is 10.7. The summed E-state index contributed by atoms with van der Waals surface area (Å²) in [7, 11) is 2.08. The first kappa shape index (κ1) is 14.5. The lowest BCUT2D eigenvalue weighted by Crippen LogP contribution is -2.31. The maximum Gasteiger partial charge on any atom is 0.231 e. The van der Waals surface area contributed by atoms with E-state index in [0.717, 1.165) is 17.0 Å². The van der Waals surface area contributed by atoms with Crippen LogP contribution in [0.15, 0.2) is 54.9 Å². The van der Waals surface area contributed by atoms with E-state index in [1.807, 2.05) is 6.20 Å². The lowest BCUT2D eigenvalue weighted by Gasteiger charge is -2.06. The molecule has 22 heavy (non-hydrogen) atoms. The molecule has 0 aliphatic carbocycles. The standard InChI is InChI=1S/C20H21N2/c1-14-5-8-17(9-6-14)19-13-22(4)20(12-21-19)18-10-7-15(2)11-16(18)3/h5-13H,1-4H3/q+1. The van der Waals surface area contributed by atoms with E-state index in [0.29, 0.717) is 0 Å². The van der Waals surface area contributed by atoms with Crippen LogP contribution in [-0.2, 0) is 7.05 Å². The van der Waals surface area contributed by atoms with Crippen LogP contribution in [0.5, 0.6) is 0 Å². The second-order valence-electron chi connectivity index (χ2n) is 5.95. The minimum atomic E-state index is 0.996. The monoisotopic (exact) mass is 289 g/mol. The van der Waals surface area contributed by atoms with Crippen LogP contribution in [-0.4, -0.2) is 4.98 Å². The van der Waals surface area contributed by atoms with E-state index in [9.17, 15) is 0 Å². The number of nitrogens with zero attached hydrogens (tertiary/aromatic N) is 2. The molecule has 110 valence electrons. The van der Waals surface area contributed by atoms with Crippen molar-refractivity contribution in [2.75, 3.05) is 0 Å². The van der Waals surface area contributed by atoms with Crippen LogP contribution in [0.2, 0.25) is 0 Å². The van der Waals surface area contributed by atoms with Gasteiger partial charge in [-0.15, -0.1) is 0 Å². The molecular weight excluding hydrogens is 268 g/mol. The van der Waals surface area contributed by atoms with E-state index in [-0.39, 0.29) is 0 Å². The SMILES string of the molecule is Cc1ccc(-c2c[n+](C)c(-c3ccc(C)cc3C)cn2)cc1. The molecule has 2 nitrogen and oxygen atoms in total. The van der Waals surface area contributed by atoms with Gasteiger partial charge in [0.2, 0.25) is 5.69 Å². The Balaban J connectivity index is 2.04. The van der Waals surface area contributed by atoms with Crippen molar-refractivity contribution in [3.8, 4) is 22.5 Å². The van der Waals surface area contributed by atoms with Gasteiger partial charge in [-0.1, -0.05) is 47.5 Å². The highest BCUT2D eigenvalue weighted by Crippen LogP contribution is 2.22. The topological polar surface area (TPSA) is 16.8 Å². The van der Waals surface area contributed by atoms with Crippen molar-refractivity contribution in [2.24, 2.45) is 7.05 Å². The van der Waals surface area contributed by atoms with Crippen molar-refractivity contribution in [1.82, 2.24) is 4.98 Å². The first-order valence-corrected chi connectivity index (χ1v) is 7.55. The molecule has 0 saturated carbocycles. The van der Waals surface area contributed by atoms with Crippen LogP contribution in [0.4, 0.5) is 0 Å². The zero-order valence-corrected chi connectivity index (χ0v) is 13.6. The maximum absolute atomic E-state index is 4.66. The van der Waals surface area contributed by atoms with Gasteiger partial charge < -0.3 is 0 Å². The van der Waals surface area contributed by atoms with Gasteiger partial charge in [-0.2, -0.15) is 4.57 Å². The van der Waals surface area contributed by atoms with Crippen LogP contribution in [0, 0.1) is 20.8 Å². The lowest BCUT2D eigenvalue weighted by molar-refractivity contribution is -0.660. The van der Waals surface area contributed by atoms with Crippen LogP contribution in [0.1, 0.15) is 16.7 Å². The second-order valence-corrected chi connectivity index (χ2v) is 5.95. The summed E-state index contributed by atoms with van der Waals surface area (Å²) in [5.41, 5.74) is 8.34. The summed E-state index contributed by atoms with van der Waals surface area (Å²) in [6.07, 6.45) is 4.06. The van der Waals surface area contributed by atoms with Gasteiger partial charge in [0.25, 0.3) is 0 Å². The molecule has 1 aromatic heterocycles. The highest BCUT2D eigenvalue weighted by atomic mass is 15.0. The van der Waals surface area contributed by atoms with Gasteiger partial charge >= 0.3 is 0 Å². The molecule has 0 aliphatic rings. The number of aryl methyl sites for hydroxylation is 4. The van der Waals surface area contributed by atoms with Crippen LogP contribution < -0.4 is 4.57 Å². The molecule has 2 heteroatoms. The van der Waals surface area contributed by atoms with Crippen molar-refractivity contribution < 1.29 is 4.57 Å². The zero-order valence-electron chi connectivity index (χ0n) is 13.6. The molecule has 2 aromatic carbocycles. The highest BCUT2D eigenvalue weighted by molar-refractivity contribution is 5.63. The first-order chi connectivity index (χ1) is 10.5. The molecule has 1 heterocycles. The number of rotatable bonds is 2. The van der Waals surface area contributed by atoms with Gasteiger partial charge in [0.15, 0.2) is 6.20 Å². The summed E-state index contributed by atoms with van der Waals surface area (Å²) in [6.45, 7) is 6.37. The van der Waals surface area contributed by atoms with Crippen LogP contribution in [0.25, 0.3) is 22.5 Å². The molecule has 0 radical (unpaired) electrons. The molecule has 0 fully saturated rings. The highest BCUT2D eigenvalue weighted by Gasteiger charge is 2.14. The molecule has 0 atom stereocenters. The quantitative estimate of drug-likeness (QED) is 0.647. The number of hydrogen-bond acceptors (Lipinski definition) is 1. The molecule has 0 saturated heterocycles. The summed E-state index contributed by atoms with van der Waals surface area (Å²) in [6, 6.07) is 15.0. The third-order valence-electron chi connectivity index (χ3n) is 4.03. The molecule has 3 rings (SSSR count). The Morgan fingerprint density at radius 1 is 0.864 bits per heavy atom. The van der Waals surface area contributed by atoms with Crippen LogP contribution in [0.3, 0.4) is 0 Å². The van der Waals surface area contributed by atoms with E-state index >= 15 is 0 Å². The zero-order chi connectivity index (χ0) is 15.7. The Labute approximate surface area is 132 Å². The van der Waals surface area contributed by atoms with Gasteiger partial charge in [-0.05, 0) is 32.4 Å². The molecule has 0 amide bonds. The van der Waals surface area contributed by atoms with Gasteiger partial charge in [-0.25, -0.2) is 4.98 Å². The Morgan fingerprint density at radius 2 is 1.55 bits per heavy atom. The molecule has 3 aromatic rings. The first-order valence-electron chi connectivity index (χ1n) is 7.55. The Kier molecular flexibility index (Phi) is 3.76. The fourth-order valence-corrected chi connectivity index (χ4v) is 2.74. The number of aromatic nitrogens is 2. The Bertz CT molecular complexity index is 818. The summed E-state index contributed by atoms with van der Waals surface area (Å²) >= 11 is 0. The third-order valence-corrected chi connectivity index (χ3v) is 4.03. The van der Waals surface area contributed by atoms with Crippen molar-refractivity contribution in [3.63, 3.8) is 0 Å². The van der Waals surface area contributed by atoms with E-state index in [4.69, 9.17) is 0 Å². The van der Waals surface area contributed by atoms with Gasteiger partial charge in [-0.3, -0.25) is 0 Å². The summed E-state index contributed by atoms with van der Waals surface area (Å²) in [5.74, 6) is 0. The van der Waals surface area contributed by atoms with Crippen LogP contribution >= 0.6 is 0 Å². The molecule has 0 unspecified atom stereocenters. The minimum absolute atomic E-state index is 0.996. The van der Waals surface area contributed by atoms with Crippen molar-refractivity contribution in [1.29, 1.82) is 0 Å².